The highest BCUT2D eigenvalue weighted by Crippen LogP contribution is 2.46. The van der Waals surface area contributed by atoms with Crippen molar-refractivity contribution < 1.29 is 0 Å². The van der Waals surface area contributed by atoms with Gasteiger partial charge in [0.05, 0.1) is 0 Å². The molecule has 0 fully saturated rings. The SMILES string of the molecule is Cc1c(Br)cccc1C(Br)(Br)Br. The summed E-state index contributed by atoms with van der Waals surface area (Å²) in [6.45, 7) is 2.07. The first-order valence-corrected chi connectivity index (χ1v) is 6.42. The monoisotopic (exact) mass is 418 g/mol. The maximum absolute atomic E-state index is 3.48. The first-order chi connectivity index (χ1) is 5.43. The molecule has 0 unspecified atom stereocenters. The average Bonchev–Trinajstić information content (AvgIpc) is 1.92. The van der Waals surface area contributed by atoms with E-state index in [1.54, 1.807) is 0 Å². The van der Waals surface area contributed by atoms with Gasteiger partial charge in [-0.25, -0.2) is 0 Å². The van der Waals surface area contributed by atoms with Crippen molar-refractivity contribution in [1.82, 2.24) is 0 Å². The number of rotatable bonds is 0. The van der Waals surface area contributed by atoms with Crippen molar-refractivity contribution in [3.8, 4) is 0 Å². The van der Waals surface area contributed by atoms with Crippen LogP contribution in [0.2, 0.25) is 0 Å². The smallest absolute Gasteiger partial charge is 0.0607 e. The minimum absolute atomic E-state index is 0.319. The summed E-state index contributed by atoms with van der Waals surface area (Å²) in [6.07, 6.45) is 0. The van der Waals surface area contributed by atoms with E-state index in [4.69, 9.17) is 0 Å². The molecule has 0 aromatic heterocycles. The maximum Gasteiger partial charge on any atom is 0.160 e. The van der Waals surface area contributed by atoms with E-state index >= 15 is 0 Å². The fourth-order valence-corrected chi connectivity index (χ4v) is 2.57. The van der Waals surface area contributed by atoms with Gasteiger partial charge in [0, 0.05) is 4.47 Å². The van der Waals surface area contributed by atoms with Crippen LogP contribution >= 0.6 is 63.7 Å². The predicted molar refractivity (Wildman–Crippen MR) is 67.3 cm³/mol. The zero-order chi connectivity index (χ0) is 9.35. The average molecular weight is 422 g/mol. The molecule has 0 heterocycles. The van der Waals surface area contributed by atoms with E-state index in [9.17, 15) is 0 Å². The van der Waals surface area contributed by atoms with Crippen LogP contribution in [0.25, 0.3) is 0 Å². The quantitative estimate of drug-likeness (QED) is 0.514. The summed E-state index contributed by atoms with van der Waals surface area (Å²) in [5.41, 5.74) is 2.38. The molecule has 0 nitrogen and oxygen atoms in total. The minimum atomic E-state index is -0.319. The number of halogens is 4. The lowest BCUT2D eigenvalue weighted by atomic mass is 10.1. The van der Waals surface area contributed by atoms with Gasteiger partial charge in [0.25, 0.3) is 0 Å². The molecule has 4 heteroatoms. The van der Waals surface area contributed by atoms with Gasteiger partial charge in [-0.15, -0.1) is 0 Å². The summed E-state index contributed by atoms with van der Waals surface area (Å²) in [4.78, 5) is 0. The summed E-state index contributed by atoms with van der Waals surface area (Å²) in [6, 6.07) is 6.08. The third-order valence-electron chi connectivity index (χ3n) is 1.57. The Morgan fingerprint density at radius 2 is 1.75 bits per heavy atom. The normalized spacial score (nSPS) is 11.8. The first-order valence-electron chi connectivity index (χ1n) is 3.25. The topological polar surface area (TPSA) is 0 Å². The lowest BCUT2D eigenvalue weighted by Gasteiger charge is -2.16. The molecule has 12 heavy (non-hydrogen) atoms. The van der Waals surface area contributed by atoms with Gasteiger partial charge in [-0.3, -0.25) is 0 Å². The zero-order valence-electron chi connectivity index (χ0n) is 6.24. The van der Waals surface area contributed by atoms with Crippen LogP contribution in [0.1, 0.15) is 11.1 Å². The van der Waals surface area contributed by atoms with Crippen molar-refractivity contribution in [2.45, 2.75) is 9.07 Å². The summed E-state index contributed by atoms with van der Waals surface area (Å²) in [5, 5.41) is 0. The molecule has 0 saturated carbocycles. The predicted octanol–water partition coefficient (Wildman–Crippen LogP) is 5.05. The van der Waals surface area contributed by atoms with Crippen LogP contribution in [0.3, 0.4) is 0 Å². The molecule has 0 atom stereocenters. The lowest BCUT2D eigenvalue weighted by Crippen LogP contribution is -2.00. The molecule has 0 spiro atoms. The number of hydrogen-bond acceptors (Lipinski definition) is 0. The van der Waals surface area contributed by atoms with Gasteiger partial charge in [-0.2, -0.15) is 0 Å². The van der Waals surface area contributed by atoms with E-state index in [1.807, 2.05) is 12.1 Å². The van der Waals surface area contributed by atoms with Gasteiger partial charge < -0.3 is 0 Å². The Kier molecular flexibility index (Phi) is 3.84. The van der Waals surface area contributed by atoms with E-state index in [2.05, 4.69) is 76.7 Å². The summed E-state index contributed by atoms with van der Waals surface area (Å²) < 4.78 is 0.795. The molecule has 66 valence electrons. The van der Waals surface area contributed by atoms with E-state index in [-0.39, 0.29) is 2.14 Å². The van der Waals surface area contributed by atoms with Gasteiger partial charge in [0.1, 0.15) is 0 Å². The van der Waals surface area contributed by atoms with Gasteiger partial charge in [-0.05, 0) is 24.1 Å². The second-order valence-electron chi connectivity index (χ2n) is 2.41. The lowest BCUT2D eigenvalue weighted by molar-refractivity contribution is 1.26. The zero-order valence-corrected chi connectivity index (χ0v) is 12.6. The molecule has 0 amide bonds. The number of alkyl halides is 3. The Hall–Kier alpha value is 1.14. The molecule has 1 rings (SSSR count). The van der Waals surface area contributed by atoms with Gasteiger partial charge in [0.2, 0.25) is 0 Å². The standard InChI is InChI=1S/C8H6Br4/c1-5-6(8(10,11)12)3-2-4-7(5)9/h2-4H,1H3. The molecule has 0 bridgehead atoms. The van der Waals surface area contributed by atoms with Crippen molar-refractivity contribution in [1.29, 1.82) is 0 Å². The van der Waals surface area contributed by atoms with Crippen LogP contribution in [-0.2, 0) is 2.14 Å². The van der Waals surface area contributed by atoms with Crippen molar-refractivity contribution in [3.63, 3.8) is 0 Å². The Bertz CT molecular complexity index is 288. The van der Waals surface area contributed by atoms with Crippen molar-refractivity contribution in [3.05, 3.63) is 33.8 Å². The molecule has 0 saturated heterocycles. The third-order valence-corrected chi connectivity index (χ3v) is 3.71. The summed E-state index contributed by atoms with van der Waals surface area (Å²) >= 11 is 13.9. The van der Waals surface area contributed by atoms with Gasteiger partial charge >= 0.3 is 0 Å². The van der Waals surface area contributed by atoms with Gasteiger partial charge in [0.15, 0.2) is 2.14 Å². The second kappa shape index (κ2) is 4.11. The molecule has 0 radical (unpaired) electrons. The van der Waals surface area contributed by atoms with Crippen molar-refractivity contribution in [2.75, 3.05) is 0 Å². The van der Waals surface area contributed by atoms with Crippen LogP contribution in [0.15, 0.2) is 22.7 Å². The third kappa shape index (κ3) is 2.56. The first kappa shape index (κ1) is 11.2. The van der Waals surface area contributed by atoms with Crippen LogP contribution in [0.5, 0.6) is 0 Å². The van der Waals surface area contributed by atoms with Crippen LogP contribution in [0.4, 0.5) is 0 Å². The second-order valence-corrected chi connectivity index (χ2v) is 10.0. The minimum Gasteiger partial charge on any atom is -0.0607 e. The molecule has 1 aromatic carbocycles. The van der Waals surface area contributed by atoms with Crippen molar-refractivity contribution >= 4 is 63.7 Å². The molecular weight excluding hydrogens is 416 g/mol. The summed E-state index contributed by atoms with van der Waals surface area (Å²) in [7, 11) is 0. The van der Waals surface area contributed by atoms with Crippen LogP contribution in [0, 0.1) is 6.92 Å². The van der Waals surface area contributed by atoms with Crippen LogP contribution in [-0.4, -0.2) is 0 Å². The largest absolute Gasteiger partial charge is 0.160 e. The highest BCUT2D eigenvalue weighted by Gasteiger charge is 2.23. The van der Waals surface area contributed by atoms with E-state index < -0.39 is 0 Å². The van der Waals surface area contributed by atoms with E-state index in [1.165, 1.54) is 5.56 Å². The molecular formula is C8H6Br4. The van der Waals surface area contributed by atoms with E-state index in [0.29, 0.717) is 0 Å². The number of hydrogen-bond donors (Lipinski definition) is 0. The molecule has 1 aromatic rings. The molecule has 0 N–H and O–H groups in total. The number of benzene rings is 1. The summed E-state index contributed by atoms with van der Waals surface area (Å²) in [5.74, 6) is 0. The Balaban J connectivity index is 3.26. The molecule has 0 aliphatic heterocycles. The fourth-order valence-electron chi connectivity index (χ4n) is 0.915. The maximum atomic E-state index is 3.48. The van der Waals surface area contributed by atoms with Gasteiger partial charge in [-0.1, -0.05) is 75.9 Å². The van der Waals surface area contributed by atoms with Crippen LogP contribution < -0.4 is 0 Å². The highest BCUT2D eigenvalue weighted by molar-refractivity contribution is 9.38. The molecule has 0 aliphatic carbocycles. The van der Waals surface area contributed by atoms with Crippen molar-refractivity contribution in [2.24, 2.45) is 0 Å². The van der Waals surface area contributed by atoms with E-state index in [0.717, 1.165) is 10.0 Å². The Morgan fingerprint density at radius 3 is 2.17 bits per heavy atom. The molecule has 0 aliphatic rings. The Morgan fingerprint density at radius 1 is 1.17 bits per heavy atom. The highest BCUT2D eigenvalue weighted by atomic mass is 80.0. The Labute approximate surface area is 106 Å². The fraction of sp³-hybridized carbons (Fsp3) is 0.250.